The second-order valence-electron chi connectivity index (χ2n) is 7.64. The van der Waals surface area contributed by atoms with E-state index >= 15 is 0 Å². The molecule has 0 amide bonds. The van der Waals surface area contributed by atoms with Crippen molar-refractivity contribution in [3.63, 3.8) is 0 Å². The number of piperidine rings is 1. The number of anilines is 1. The monoisotopic (exact) mass is 398 g/mol. The molecule has 6 heteroatoms. The van der Waals surface area contributed by atoms with E-state index in [9.17, 15) is 0 Å². The summed E-state index contributed by atoms with van der Waals surface area (Å²) in [7, 11) is 1.84. The number of rotatable bonds is 7. The van der Waals surface area contributed by atoms with E-state index in [0.29, 0.717) is 12.6 Å². The number of para-hydroxylation sites is 1. The number of nitrogens with zero attached hydrogens (tertiary/aromatic N) is 2. The van der Waals surface area contributed by atoms with Crippen LogP contribution in [0.15, 0.2) is 46.8 Å². The predicted molar refractivity (Wildman–Crippen MR) is 118 cm³/mol. The van der Waals surface area contributed by atoms with Crippen LogP contribution in [0, 0.1) is 5.92 Å². The lowest BCUT2D eigenvalue weighted by Gasteiger charge is -2.33. The largest absolute Gasteiger partial charge is 0.493 e. The fourth-order valence-corrected chi connectivity index (χ4v) is 4.33. The highest BCUT2D eigenvalue weighted by molar-refractivity contribution is 7.14. The van der Waals surface area contributed by atoms with Gasteiger partial charge in [0.2, 0.25) is 0 Å². The van der Waals surface area contributed by atoms with Gasteiger partial charge in [-0.1, -0.05) is 18.2 Å². The molecule has 1 saturated heterocycles. The van der Waals surface area contributed by atoms with Crippen LogP contribution in [0.3, 0.4) is 0 Å². The number of aliphatic imine (C=N–C) groups is 1. The summed E-state index contributed by atoms with van der Waals surface area (Å²) >= 11 is 1.82. The molecule has 5 nitrogen and oxygen atoms in total. The zero-order valence-corrected chi connectivity index (χ0v) is 17.4. The molecule has 2 heterocycles. The maximum absolute atomic E-state index is 6.02. The van der Waals surface area contributed by atoms with Gasteiger partial charge in [0, 0.05) is 38.3 Å². The third kappa shape index (κ3) is 5.19. The second-order valence-corrected chi connectivity index (χ2v) is 8.57. The molecule has 1 aromatic carbocycles. The Morgan fingerprint density at radius 3 is 2.68 bits per heavy atom. The van der Waals surface area contributed by atoms with E-state index in [1.807, 2.05) is 24.5 Å². The summed E-state index contributed by atoms with van der Waals surface area (Å²) in [6, 6.07) is 13.1. The first-order chi connectivity index (χ1) is 13.8. The van der Waals surface area contributed by atoms with E-state index < -0.39 is 0 Å². The standard InChI is InChI=1S/C22H30N4OS/c1-23-22(25-19-10-12-26(13-11-19)21-7-4-14-28-21)24-15-18-5-2-3-6-20(18)27-16-17-8-9-17/h2-7,14,17,19H,8-13,15-16H2,1H3,(H2,23,24,25). The Kier molecular flexibility index (Phi) is 6.37. The van der Waals surface area contributed by atoms with E-state index in [-0.39, 0.29) is 0 Å². The molecule has 0 spiro atoms. The van der Waals surface area contributed by atoms with Gasteiger partial charge in [-0.2, -0.15) is 0 Å². The molecule has 2 aliphatic rings. The van der Waals surface area contributed by atoms with Gasteiger partial charge in [-0.3, -0.25) is 4.99 Å². The number of ether oxygens (including phenoxy) is 1. The Morgan fingerprint density at radius 1 is 1.14 bits per heavy atom. The molecule has 0 radical (unpaired) electrons. The van der Waals surface area contributed by atoms with Crippen LogP contribution in [0.2, 0.25) is 0 Å². The number of guanidine groups is 1. The van der Waals surface area contributed by atoms with Crippen molar-refractivity contribution >= 4 is 22.3 Å². The fraction of sp³-hybridized carbons (Fsp3) is 0.500. The molecule has 150 valence electrons. The summed E-state index contributed by atoms with van der Waals surface area (Å²) in [4.78, 5) is 6.90. The summed E-state index contributed by atoms with van der Waals surface area (Å²) < 4.78 is 6.02. The highest BCUT2D eigenvalue weighted by Gasteiger charge is 2.23. The van der Waals surface area contributed by atoms with Gasteiger partial charge in [0.1, 0.15) is 5.75 Å². The van der Waals surface area contributed by atoms with Crippen molar-refractivity contribution in [2.75, 3.05) is 31.6 Å². The molecule has 1 aliphatic heterocycles. The van der Waals surface area contributed by atoms with Crippen LogP contribution >= 0.6 is 11.3 Å². The molecule has 2 N–H and O–H groups in total. The van der Waals surface area contributed by atoms with Gasteiger partial charge in [0.05, 0.1) is 11.6 Å². The maximum atomic E-state index is 6.02. The maximum Gasteiger partial charge on any atom is 0.191 e. The SMILES string of the molecule is CN=C(NCc1ccccc1OCC1CC1)NC1CCN(c2cccs2)CC1. The Hall–Kier alpha value is -2.21. The van der Waals surface area contributed by atoms with E-state index in [2.05, 4.69) is 56.2 Å². The van der Waals surface area contributed by atoms with E-state index in [1.54, 1.807) is 0 Å². The van der Waals surface area contributed by atoms with E-state index in [4.69, 9.17) is 4.74 Å². The van der Waals surface area contributed by atoms with Crippen LogP contribution in [-0.4, -0.2) is 38.7 Å². The molecule has 0 bridgehead atoms. The minimum atomic E-state index is 0.462. The lowest BCUT2D eigenvalue weighted by atomic mass is 10.1. The van der Waals surface area contributed by atoms with E-state index in [0.717, 1.165) is 50.2 Å². The van der Waals surface area contributed by atoms with Crippen LogP contribution in [0.25, 0.3) is 0 Å². The lowest BCUT2D eigenvalue weighted by Crippen LogP contribution is -2.48. The second kappa shape index (κ2) is 9.32. The number of hydrogen-bond donors (Lipinski definition) is 2. The average molecular weight is 399 g/mol. The number of thiophene rings is 1. The van der Waals surface area contributed by atoms with Crippen molar-refractivity contribution in [3.8, 4) is 5.75 Å². The number of nitrogens with one attached hydrogen (secondary N) is 2. The summed E-state index contributed by atoms with van der Waals surface area (Å²) in [6.07, 6.45) is 4.87. The van der Waals surface area contributed by atoms with Crippen LogP contribution in [0.5, 0.6) is 5.75 Å². The Balaban J connectivity index is 1.25. The summed E-state index contributed by atoms with van der Waals surface area (Å²) in [5.74, 6) is 2.61. The highest BCUT2D eigenvalue weighted by Crippen LogP contribution is 2.30. The third-order valence-corrected chi connectivity index (χ3v) is 6.40. The summed E-state index contributed by atoms with van der Waals surface area (Å²) in [5, 5.41) is 10.6. The van der Waals surface area contributed by atoms with Gasteiger partial charge >= 0.3 is 0 Å². The molecule has 0 atom stereocenters. The molecule has 4 rings (SSSR count). The topological polar surface area (TPSA) is 48.9 Å². The Bertz CT molecular complexity index is 765. The molecular formula is C22H30N4OS. The highest BCUT2D eigenvalue weighted by atomic mass is 32.1. The average Bonchev–Trinajstić information content (AvgIpc) is 3.41. The summed E-state index contributed by atoms with van der Waals surface area (Å²) in [5.41, 5.74) is 1.18. The molecule has 1 aromatic heterocycles. The number of benzene rings is 1. The first-order valence-electron chi connectivity index (χ1n) is 10.3. The first kappa shape index (κ1) is 19.1. The molecular weight excluding hydrogens is 368 g/mol. The van der Waals surface area contributed by atoms with Gasteiger partial charge in [-0.05, 0) is 55.2 Å². The molecule has 0 unspecified atom stereocenters. The van der Waals surface area contributed by atoms with Gasteiger partial charge in [-0.25, -0.2) is 0 Å². The Labute approximate surface area is 171 Å². The fourth-order valence-electron chi connectivity index (χ4n) is 3.54. The van der Waals surface area contributed by atoms with Crippen LogP contribution in [0.1, 0.15) is 31.2 Å². The van der Waals surface area contributed by atoms with Crippen LogP contribution < -0.4 is 20.3 Å². The van der Waals surface area contributed by atoms with Gasteiger partial charge < -0.3 is 20.3 Å². The van der Waals surface area contributed by atoms with Crippen molar-refractivity contribution in [3.05, 3.63) is 47.3 Å². The first-order valence-corrected chi connectivity index (χ1v) is 11.2. The molecule has 1 aliphatic carbocycles. The van der Waals surface area contributed by atoms with Crippen molar-refractivity contribution in [2.45, 2.75) is 38.3 Å². The van der Waals surface area contributed by atoms with Crippen molar-refractivity contribution in [1.82, 2.24) is 10.6 Å². The molecule has 28 heavy (non-hydrogen) atoms. The minimum absolute atomic E-state index is 0.462. The van der Waals surface area contributed by atoms with Crippen molar-refractivity contribution in [2.24, 2.45) is 10.9 Å². The quantitative estimate of drug-likeness (QED) is 0.549. The molecule has 2 aromatic rings. The van der Waals surface area contributed by atoms with Crippen LogP contribution in [-0.2, 0) is 6.54 Å². The lowest BCUT2D eigenvalue weighted by molar-refractivity contribution is 0.296. The van der Waals surface area contributed by atoms with Crippen molar-refractivity contribution < 1.29 is 4.74 Å². The zero-order valence-electron chi connectivity index (χ0n) is 16.6. The summed E-state index contributed by atoms with van der Waals surface area (Å²) in [6.45, 7) is 3.74. The van der Waals surface area contributed by atoms with Gasteiger partial charge in [0.15, 0.2) is 5.96 Å². The molecule has 2 fully saturated rings. The normalized spacial score (nSPS) is 18.2. The van der Waals surface area contributed by atoms with Crippen molar-refractivity contribution in [1.29, 1.82) is 0 Å². The van der Waals surface area contributed by atoms with Gasteiger partial charge in [0.25, 0.3) is 0 Å². The van der Waals surface area contributed by atoms with Gasteiger partial charge in [-0.15, -0.1) is 11.3 Å². The van der Waals surface area contributed by atoms with Crippen LogP contribution in [0.4, 0.5) is 5.00 Å². The third-order valence-electron chi connectivity index (χ3n) is 5.47. The minimum Gasteiger partial charge on any atom is -0.493 e. The zero-order chi connectivity index (χ0) is 19.2. The Morgan fingerprint density at radius 2 is 1.96 bits per heavy atom. The molecule has 1 saturated carbocycles. The predicted octanol–water partition coefficient (Wildman–Crippen LogP) is 3.87. The number of hydrogen-bond acceptors (Lipinski definition) is 4. The van der Waals surface area contributed by atoms with E-state index in [1.165, 1.54) is 23.4 Å². The smallest absolute Gasteiger partial charge is 0.191 e.